The lowest BCUT2D eigenvalue weighted by molar-refractivity contribution is -0.00747. The van der Waals surface area contributed by atoms with E-state index in [2.05, 4.69) is 18.3 Å². The molecule has 0 saturated heterocycles. The SMILES string of the molecule is CCCNC(CO)C(C)(O)CCC=C(C)C. The third-order valence-corrected chi connectivity index (χ3v) is 2.78. The summed E-state index contributed by atoms with van der Waals surface area (Å²) in [6, 6.07) is -0.238. The fraction of sp³-hybridized carbons (Fsp3) is 0.846. The van der Waals surface area contributed by atoms with Crippen molar-refractivity contribution in [3.8, 4) is 0 Å². The molecule has 0 heterocycles. The molecule has 0 aromatic carbocycles. The number of nitrogens with one attached hydrogen (secondary N) is 1. The first-order valence-electron chi connectivity index (χ1n) is 6.14. The minimum absolute atomic E-state index is 0.0260. The Morgan fingerprint density at radius 2 is 2.06 bits per heavy atom. The summed E-state index contributed by atoms with van der Waals surface area (Å²) in [7, 11) is 0. The van der Waals surface area contributed by atoms with Crippen LogP contribution < -0.4 is 5.32 Å². The van der Waals surface area contributed by atoms with Crippen LogP contribution in [0.5, 0.6) is 0 Å². The van der Waals surface area contributed by atoms with E-state index in [1.165, 1.54) is 5.57 Å². The summed E-state index contributed by atoms with van der Waals surface area (Å²) < 4.78 is 0. The predicted molar refractivity (Wildman–Crippen MR) is 68.5 cm³/mol. The Labute approximate surface area is 99.6 Å². The van der Waals surface area contributed by atoms with Crippen molar-refractivity contribution in [1.29, 1.82) is 0 Å². The van der Waals surface area contributed by atoms with Crippen LogP contribution in [0.3, 0.4) is 0 Å². The summed E-state index contributed by atoms with van der Waals surface area (Å²) in [6.07, 6.45) is 4.63. The number of rotatable bonds is 8. The number of hydrogen-bond donors (Lipinski definition) is 3. The zero-order chi connectivity index (χ0) is 12.6. The Bertz CT molecular complexity index is 208. The van der Waals surface area contributed by atoms with Crippen molar-refractivity contribution in [3.05, 3.63) is 11.6 Å². The molecule has 0 radical (unpaired) electrons. The summed E-state index contributed by atoms with van der Waals surface area (Å²) in [6.45, 7) is 8.75. The van der Waals surface area contributed by atoms with Gasteiger partial charge in [0.15, 0.2) is 0 Å². The molecular weight excluding hydrogens is 202 g/mol. The molecule has 0 aliphatic carbocycles. The average molecular weight is 229 g/mol. The van der Waals surface area contributed by atoms with Crippen molar-refractivity contribution in [2.24, 2.45) is 0 Å². The Morgan fingerprint density at radius 1 is 1.44 bits per heavy atom. The maximum absolute atomic E-state index is 10.3. The summed E-state index contributed by atoms with van der Waals surface area (Å²) in [4.78, 5) is 0. The molecule has 0 amide bonds. The van der Waals surface area contributed by atoms with E-state index in [0.717, 1.165) is 19.4 Å². The van der Waals surface area contributed by atoms with Crippen LogP contribution in [0.2, 0.25) is 0 Å². The largest absolute Gasteiger partial charge is 0.395 e. The number of allylic oxidation sites excluding steroid dienone is 2. The van der Waals surface area contributed by atoms with Crippen LogP contribution in [0, 0.1) is 0 Å². The lowest BCUT2D eigenvalue weighted by atomic mass is 9.91. The molecule has 3 nitrogen and oxygen atoms in total. The van der Waals surface area contributed by atoms with Crippen molar-refractivity contribution >= 4 is 0 Å². The Kier molecular flexibility index (Phi) is 7.64. The first kappa shape index (κ1) is 15.6. The average Bonchev–Trinajstić information content (AvgIpc) is 2.17. The number of hydrogen-bond acceptors (Lipinski definition) is 3. The van der Waals surface area contributed by atoms with Crippen LogP contribution in [-0.4, -0.2) is 35.0 Å². The Hall–Kier alpha value is -0.380. The molecule has 0 rings (SSSR count). The fourth-order valence-corrected chi connectivity index (χ4v) is 1.63. The molecule has 0 fully saturated rings. The third-order valence-electron chi connectivity index (χ3n) is 2.78. The molecule has 0 aliphatic rings. The Morgan fingerprint density at radius 3 is 2.50 bits per heavy atom. The molecule has 0 saturated carbocycles. The van der Waals surface area contributed by atoms with Gasteiger partial charge in [-0.2, -0.15) is 0 Å². The van der Waals surface area contributed by atoms with E-state index in [1.807, 2.05) is 13.8 Å². The van der Waals surface area contributed by atoms with Crippen LogP contribution in [0.4, 0.5) is 0 Å². The lowest BCUT2D eigenvalue weighted by Gasteiger charge is -2.32. The van der Waals surface area contributed by atoms with Gasteiger partial charge in [-0.25, -0.2) is 0 Å². The van der Waals surface area contributed by atoms with Gasteiger partial charge in [0, 0.05) is 0 Å². The second kappa shape index (κ2) is 7.82. The second-order valence-corrected chi connectivity index (χ2v) is 4.87. The monoisotopic (exact) mass is 229 g/mol. The van der Waals surface area contributed by atoms with Crippen molar-refractivity contribution in [2.75, 3.05) is 13.2 Å². The van der Waals surface area contributed by atoms with Gasteiger partial charge in [0.25, 0.3) is 0 Å². The maximum Gasteiger partial charge on any atom is 0.0797 e. The summed E-state index contributed by atoms with van der Waals surface area (Å²) in [5.74, 6) is 0. The van der Waals surface area contributed by atoms with Crippen LogP contribution in [-0.2, 0) is 0 Å². The van der Waals surface area contributed by atoms with Crippen molar-refractivity contribution in [1.82, 2.24) is 5.32 Å². The van der Waals surface area contributed by atoms with Gasteiger partial charge in [-0.1, -0.05) is 18.6 Å². The van der Waals surface area contributed by atoms with Crippen molar-refractivity contribution in [2.45, 2.75) is 58.6 Å². The molecule has 0 aliphatic heterocycles. The zero-order valence-corrected chi connectivity index (χ0v) is 11.1. The molecule has 16 heavy (non-hydrogen) atoms. The fourth-order valence-electron chi connectivity index (χ4n) is 1.63. The third kappa shape index (κ3) is 6.26. The van der Waals surface area contributed by atoms with E-state index in [-0.39, 0.29) is 12.6 Å². The van der Waals surface area contributed by atoms with Gasteiger partial charge in [-0.05, 0) is 46.6 Å². The second-order valence-electron chi connectivity index (χ2n) is 4.87. The minimum Gasteiger partial charge on any atom is -0.395 e. The first-order chi connectivity index (χ1) is 7.44. The van der Waals surface area contributed by atoms with Gasteiger partial charge < -0.3 is 15.5 Å². The van der Waals surface area contributed by atoms with E-state index < -0.39 is 5.60 Å². The van der Waals surface area contributed by atoms with Gasteiger partial charge in [0.05, 0.1) is 18.2 Å². The molecule has 0 aromatic rings. The molecule has 0 bridgehead atoms. The predicted octanol–water partition coefficient (Wildman–Crippen LogP) is 1.84. The lowest BCUT2D eigenvalue weighted by Crippen LogP contribution is -2.51. The van der Waals surface area contributed by atoms with Gasteiger partial charge in [-0.15, -0.1) is 0 Å². The molecule has 3 heteroatoms. The number of aliphatic hydroxyl groups is 2. The maximum atomic E-state index is 10.3. The van der Waals surface area contributed by atoms with Crippen LogP contribution >= 0.6 is 0 Å². The minimum atomic E-state index is -0.851. The first-order valence-corrected chi connectivity index (χ1v) is 6.14. The van der Waals surface area contributed by atoms with E-state index in [1.54, 1.807) is 6.92 Å². The summed E-state index contributed by atoms with van der Waals surface area (Å²) >= 11 is 0. The van der Waals surface area contributed by atoms with Gasteiger partial charge in [0.1, 0.15) is 0 Å². The van der Waals surface area contributed by atoms with Crippen molar-refractivity contribution in [3.63, 3.8) is 0 Å². The smallest absolute Gasteiger partial charge is 0.0797 e. The van der Waals surface area contributed by atoms with Gasteiger partial charge in [0.2, 0.25) is 0 Å². The zero-order valence-electron chi connectivity index (χ0n) is 11.1. The van der Waals surface area contributed by atoms with E-state index in [0.29, 0.717) is 6.42 Å². The van der Waals surface area contributed by atoms with Crippen molar-refractivity contribution < 1.29 is 10.2 Å². The molecular formula is C13H27NO2. The normalized spacial score (nSPS) is 16.6. The molecule has 2 atom stereocenters. The van der Waals surface area contributed by atoms with E-state index >= 15 is 0 Å². The Balaban J connectivity index is 4.19. The van der Waals surface area contributed by atoms with E-state index in [4.69, 9.17) is 0 Å². The highest BCUT2D eigenvalue weighted by Gasteiger charge is 2.29. The van der Waals surface area contributed by atoms with Crippen LogP contribution in [0.1, 0.15) is 47.0 Å². The molecule has 0 aromatic heterocycles. The topological polar surface area (TPSA) is 52.5 Å². The quantitative estimate of drug-likeness (QED) is 0.557. The highest BCUT2D eigenvalue weighted by atomic mass is 16.3. The standard InChI is InChI=1S/C13H27NO2/c1-5-9-14-12(10-15)13(4,16)8-6-7-11(2)3/h7,12,14-16H,5-6,8-10H2,1-4H3. The molecule has 0 spiro atoms. The highest BCUT2D eigenvalue weighted by molar-refractivity contribution is 4.96. The van der Waals surface area contributed by atoms with Crippen LogP contribution in [0.25, 0.3) is 0 Å². The van der Waals surface area contributed by atoms with E-state index in [9.17, 15) is 10.2 Å². The summed E-state index contributed by atoms with van der Waals surface area (Å²) in [5.41, 5.74) is 0.411. The molecule has 2 unspecified atom stereocenters. The number of aliphatic hydroxyl groups excluding tert-OH is 1. The highest BCUT2D eigenvalue weighted by Crippen LogP contribution is 2.18. The molecule has 3 N–H and O–H groups in total. The van der Waals surface area contributed by atoms with Crippen LogP contribution in [0.15, 0.2) is 11.6 Å². The molecule has 96 valence electrons. The summed E-state index contributed by atoms with van der Waals surface area (Å²) in [5, 5.41) is 22.7. The van der Waals surface area contributed by atoms with Gasteiger partial charge in [-0.3, -0.25) is 0 Å². The van der Waals surface area contributed by atoms with Gasteiger partial charge >= 0.3 is 0 Å².